The molecule has 0 aromatic carbocycles. The van der Waals surface area contributed by atoms with Gasteiger partial charge >= 0.3 is 6.09 Å². The van der Waals surface area contributed by atoms with Crippen LogP contribution in [-0.2, 0) is 0 Å². The molecule has 1 aliphatic heterocycles. The van der Waals surface area contributed by atoms with Gasteiger partial charge in [-0.15, -0.1) is 0 Å². The molecule has 162 valence electrons. The van der Waals surface area contributed by atoms with Crippen molar-refractivity contribution < 1.29 is 14.6 Å². The van der Waals surface area contributed by atoms with Crippen molar-refractivity contribution in [2.75, 3.05) is 25.0 Å². The van der Waals surface area contributed by atoms with Crippen LogP contribution < -0.4 is 10.1 Å². The monoisotopic (exact) mass is 468 g/mol. The maximum Gasteiger partial charge on any atom is 0.407 e. The second-order valence-electron chi connectivity index (χ2n) is 9.72. The highest BCUT2D eigenvalue weighted by Crippen LogP contribution is 2.46. The lowest BCUT2D eigenvalue weighted by atomic mass is 9.66. The second-order valence-corrected chi connectivity index (χ2v) is 10.6. The number of rotatable bonds is 5. The number of carboxylic acid groups (broad SMARTS) is 1. The summed E-state index contributed by atoms with van der Waals surface area (Å²) in [5.74, 6) is 1.89. The fraction of sp³-hybridized carbons (Fsp3) is 0.762. The highest BCUT2D eigenvalue weighted by Gasteiger charge is 2.49. The van der Waals surface area contributed by atoms with Crippen LogP contribution >= 0.6 is 15.9 Å². The van der Waals surface area contributed by atoms with Crippen molar-refractivity contribution in [1.82, 2.24) is 14.9 Å². The van der Waals surface area contributed by atoms with Crippen molar-refractivity contribution >= 4 is 28.0 Å². The van der Waals surface area contributed by atoms with Gasteiger partial charge in [0.05, 0.1) is 17.3 Å². The van der Waals surface area contributed by atoms with Crippen LogP contribution in [0.2, 0.25) is 0 Å². The van der Waals surface area contributed by atoms with Crippen LogP contribution in [0.15, 0.2) is 10.7 Å². The molecule has 29 heavy (non-hydrogen) atoms. The topological polar surface area (TPSA) is 87.6 Å². The fourth-order valence-electron chi connectivity index (χ4n) is 4.30. The third kappa shape index (κ3) is 5.13. The fourth-order valence-corrected chi connectivity index (χ4v) is 4.60. The largest absolute Gasteiger partial charge is 0.476 e. The number of carbonyl (C=O) groups is 1. The van der Waals surface area contributed by atoms with Crippen LogP contribution in [0, 0.1) is 16.7 Å². The summed E-state index contributed by atoms with van der Waals surface area (Å²) in [6.45, 7) is 10.2. The number of hydrogen-bond acceptors (Lipinski definition) is 5. The summed E-state index contributed by atoms with van der Waals surface area (Å²) in [5, 5.41) is 12.8. The van der Waals surface area contributed by atoms with E-state index >= 15 is 0 Å². The predicted octanol–water partition coefficient (Wildman–Crippen LogP) is 5.02. The van der Waals surface area contributed by atoms with E-state index in [2.05, 4.69) is 58.9 Å². The Hall–Kier alpha value is -1.57. The van der Waals surface area contributed by atoms with Crippen molar-refractivity contribution in [3.63, 3.8) is 0 Å². The van der Waals surface area contributed by atoms with Crippen LogP contribution in [0.3, 0.4) is 0 Å². The molecule has 8 heteroatoms. The highest BCUT2D eigenvalue weighted by atomic mass is 79.9. The summed E-state index contributed by atoms with van der Waals surface area (Å²) >= 11 is 3.49. The molecule has 1 aromatic rings. The predicted molar refractivity (Wildman–Crippen MR) is 116 cm³/mol. The molecule has 2 heterocycles. The van der Waals surface area contributed by atoms with E-state index in [1.165, 1.54) is 17.7 Å². The van der Waals surface area contributed by atoms with Gasteiger partial charge in [0, 0.05) is 24.5 Å². The van der Waals surface area contributed by atoms with Gasteiger partial charge in [-0.2, -0.15) is 4.98 Å². The molecular weight excluding hydrogens is 436 g/mol. The molecule has 2 fully saturated rings. The summed E-state index contributed by atoms with van der Waals surface area (Å²) in [4.78, 5) is 21.9. The lowest BCUT2D eigenvalue weighted by Gasteiger charge is -2.41. The van der Waals surface area contributed by atoms with Crippen molar-refractivity contribution in [2.24, 2.45) is 16.7 Å². The SMILES string of the molecule is CC1CCC(Nc2ncc(Br)c(OC[C@]3(C(C)(C)C)CCN(C(=O)O)C3)n2)CC1. The Labute approximate surface area is 181 Å². The first kappa shape index (κ1) is 22.1. The minimum absolute atomic E-state index is 0.101. The van der Waals surface area contributed by atoms with E-state index in [-0.39, 0.29) is 10.8 Å². The molecule has 1 atom stereocenters. The second kappa shape index (κ2) is 8.66. The molecular formula is C21H33BrN4O3. The number of nitrogens with one attached hydrogen (secondary N) is 1. The van der Waals surface area contributed by atoms with Crippen molar-refractivity contribution in [3.8, 4) is 5.88 Å². The minimum atomic E-state index is -0.868. The molecule has 2 N–H and O–H groups in total. The van der Waals surface area contributed by atoms with Crippen molar-refractivity contribution in [2.45, 2.75) is 65.8 Å². The summed E-state index contributed by atoms with van der Waals surface area (Å²) < 4.78 is 6.87. The van der Waals surface area contributed by atoms with E-state index in [0.717, 1.165) is 25.2 Å². The van der Waals surface area contributed by atoms with Gasteiger partial charge < -0.3 is 20.1 Å². The van der Waals surface area contributed by atoms with Gasteiger partial charge in [-0.3, -0.25) is 0 Å². The molecule has 0 unspecified atom stereocenters. The summed E-state index contributed by atoms with van der Waals surface area (Å²) in [7, 11) is 0. The van der Waals surface area contributed by atoms with Gasteiger partial charge in [0.2, 0.25) is 11.8 Å². The molecule has 1 amide bonds. The Morgan fingerprint density at radius 2 is 2.07 bits per heavy atom. The summed E-state index contributed by atoms with van der Waals surface area (Å²) in [6, 6.07) is 0.403. The van der Waals surface area contributed by atoms with Gasteiger partial charge in [-0.05, 0) is 59.4 Å². The van der Waals surface area contributed by atoms with Crippen molar-refractivity contribution in [1.29, 1.82) is 0 Å². The van der Waals surface area contributed by atoms with Gasteiger partial charge in [0.1, 0.15) is 0 Å². The van der Waals surface area contributed by atoms with E-state index < -0.39 is 6.09 Å². The Morgan fingerprint density at radius 1 is 1.38 bits per heavy atom. The van der Waals surface area contributed by atoms with E-state index in [9.17, 15) is 9.90 Å². The number of nitrogens with zero attached hydrogens (tertiary/aromatic N) is 3. The number of ether oxygens (including phenoxy) is 1. The van der Waals surface area contributed by atoms with Crippen LogP contribution in [0.5, 0.6) is 5.88 Å². The standard InChI is InChI=1S/C21H33BrN4O3/c1-14-5-7-15(8-6-14)24-18-23-11-16(22)17(25-18)29-13-21(20(2,3)4)9-10-26(12-21)19(27)28/h11,14-15H,5-10,12-13H2,1-4H3,(H,27,28)(H,23,24,25)/t14?,15?,21-/m0/s1. The quantitative estimate of drug-likeness (QED) is 0.630. The zero-order valence-electron chi connectivity index (χ0n) is 17.9. The molecule has 7 nitrogen and oxygen atoms in total. The van der Waals surface area contributed by atoms with Gasteiger partial charge in [0.25, 0.3) is 0 Å². The molecule has 0 spiro atoms. The van der Waals surface area contributed by atoms with Crippen LogP contribution in [0.4, 0.5) is 10.7 Å². The van der Waals surface area contributed by atoms with Gasteiger partial charge in [-0.25, -0.2) is 9.78 Å². The van der Waals surface area contributed by atoms with Gasteiger partial charge in [-0.1, -0.05) is 27.7 Å². The molecule has 2 aliphatic rings. The zero-order valence-corrected chi connectivity index (χ0v) is 19.5. The van der Waals surface area contributed by atoms with E-state index in [1.54, 1.807) is 6.20 Å². The minimum Gasteiger partial charge on any atom is -0.476 e. The molecule has 1 saturated carbocycles. The highest BCUT2D eigenvalue weighted by molar-refractivity contribution is 9.10. The molecule has 3 rings (SSSR count). The molecule has 0 radical (unpaired) electrons. The van der Waals surface area contributed by atoms with E-state index in [1.807, 2.05) is 0 Å². The summed E-state index contributed by atoms with van der Waals surface area (Å²) in [6.07, 6.45) is 6.35. The lowest BCUT2D eigenvalue weighted by Crippen LogP contribution is -2.44. The normalized spacial score (nSPS) is 27.7. The Kier molecular flexibility index (Phi) is 6.61. The zero-order chi connectivity index (χ0) is 21.2. The molecule has 0 bridgehead atoms. The number of halogens is 1. The first-order valence-electron chi connectivity index (χ1n) is 10.5. The number of aromatic nitrogens is 2. The van der Waals surface area contributed by atoms with E-state index in [4.69, 9.17) is 4.74 Å². The maximum atomic E-state index is 11.4. The number of anilines is 1. The third-order valence-corrected chi connectivity index (χ3v) is 7.31. The van der Waals surface area contributed by atoms with Gasteiger partial charge in [0.15, 0.2) is 0 Å². The Bertz CT molecular complexity index is 731. The average Bonchev–Trinajstić information content (AvgIpc) is 3.10. The average molecular weight is 469 g/mol. The molecule has 1 aliphatic carbocycles. The first-order valence-corrected chi connectivity index (χ1v) is 11.3. The number of likely N-dealkylation sites (tertiary alicyclic amines) is 1. The maximum absolute atomic E-state index is 11.4. The smallest absolute Gasteiger partial charge is 0.407 e. The number of hydrogen-bond donors (Lipinski definition) is 2. The summed E-state index contributed by atoms with van der Waals surface area (Å²) in [5.41, 5.74) is -0.362. The van der Waals surface area contributed by atoms with Crippen LogP contribution in [-0.4, -0.2) is 51.8 Å². The van der Waals surface area contributed by atoms with Crippen molar-refractivity contribution in [3.05, 3.63) is 10.7 Å². The first-order chi connectivity index (χ1) is 13.6. The third-order valence-electron chi connectivity index (χ3n) is 6.76. The van der Waals surface area contributed by atoms with E-state index in [0.29, 0.717) is 42.0 Å². The molecule has 1 saturated heterocycles. The molecule has 1 aromatic heterocycles. The Balaban J connectivity index is 1.69. The van der Waals surface area contributed by atoms with Crippen LogP contribution in [0.25, 0.3) is 0 Å². The lowest BCUT2D eigenvalue weighted by molar-refractivity contribution is 0.0331. The number of amides is 1. The van der Waals surface area contributed by atoms with Crippen LogP contribution in [0.1, 0.15) is 59.8 Å². The Morgan fingerprint density at radius 3 is 2.66 bits per heavy atom.